The number of benzene rings is 2. The second-order valence-corrected chi connectivity index (χ2v) is 10.5. The van der Waals surface area contributed by atoms with Crippen LogP contribution in [-0.2, 0) is 12.7 Å². The Hall–Kier alpha value is -4.20. The molecule has 2 aromatic heterocycles. The van der Waals surface area contributed by atoms with Gasteiger partial charge in [-0.15, -0.1) is 5.23 Å². The molecule has 2 aromatic carbocycles. The lowest BCUT2D eigenvalue weighted by Gasteiger charge is -2.30. The number of ether oxygens (including phenoxy) is 1. The van der Waals surface area contributed by atoms with E-state index in [1.54, 1.807) is 47.4 Å². The van der Waals surface area contributed by atoms with Crippen LogP contribution in [0, 0.1) is 0 Å². The van der Waals surface area contributed by atoms with Crippen LogP contribution >= 0.6 is 11.6 Å². The smallest absolute Gasteiger partial charge is 0.416 e. The van der Waals surface area contributed by atoms with Crippen LogP contribution in [0.2, 0.25) is 5.02 Å². The monoisotopic (exact) mass is 616 g/mol. The molecular weight excluding hydrogens is 589 g/mol. The highest BCUT2D eigenvalue weighted by molar-refractivity contribution is 6.32. The van der Waals surface area contributed by atoms with Crippen LogP contribution in [0.5, 0.6) is 5.75 Å². The summed E-state index contributed by atoms with van der Waals surface area (Å²) in [6.07, 6.45) is 1.53. The number of carbonyl (C=O) groups is 1. The summed E-state index contributed by atoms with van der Waals surface area (Å²) in [4.78, 5) is 24.1. The van der Waals surface area contributed by atoms with Crippen molar-refractivity contribution in [3.8, 4) is 28.5 Å². The number of aromatic nitrogens is 4. The van der Waals surface area contributed by atoms with Crippen LogP contribution in [0.3, 0.4) is 0 Å². The molecular formula is C29H28ClF3N6O4. The van der Waals surface area contributed by atoms with Crippen molar-refractivity contribution in [2.24, 2.45) is 0 Å². The number of hydrogen-bond acceptors (Lipinski definition) is 8. The number of alkyl halides is 3. The van der Waals surface area contributed by atoms with Crippen LogP contribution in [0.4, 0.5) is 18.9 Å². The van der Waals surface area contributed by atoms with Gasteiger partial charge in [-0.05, 0) is 61.4 Å². The molecule has 0 aliphatic heterocycles. The van der Waals surface area contributed by atoms with Gasteiger partial charge in [0.2, 0.25) is 0 Å². The van der Waals surface area contributed by atoms with Crippen molar-refractivity contribution in [2.75, 3.05) is 18.9 Å². The molecule has 1 amide bonds. The lowest BCUT2D eigenvalue weighted by molar-refractivity contribution is -0.137. The molecule has 14 heteroatoms. The van der Waals surface area contributed by atoms with Crippen LogP contribution < -0.4 is 9.96 Å². The van der Waals surface area contributed by atoms with Gasteiger partial charge < -0.3 is 9.64 Å². The minimum absolute atomic E-state index is 0.104. The number of methoxy groups -OCH3 is 1. The largest absolute Gasteiger partial charge is 0.495 e. The van der Waals surface area contributed by atoms with Crippen molar-refractivity contribution in [1.29, 1.82) is 0 Å². The van der Waals surface area contributed by atoms with Gasteiger partial charge in [0.15, 0.2) is 11.6 Å². The summed E-state index contributed by atoms with van der Waals surface area (Å²) in [5.74, 6) is 0.697. The first kappa shape index (κ1) is 30.3. The fraction of sp³-hybridized carbons (Fsp3) is 0.310. The van der Waals surface area contributed by atoms with Crippen molar-refractivity contribution in [3.63, 3.8) is 0 Å². The van der Waals surface area contributed by atoms with E-state index in [4.69, 9.17) is 21.3 Å². The molecule has 2 N–H and O–H groups in total. The second kappa shape index (κ2) is 12.6. The molecule has 1 aliphatic carbocycles. The molecule has 43 heavy (non-hydrogen) atoms. The number of anilines is 1. The minimum Gasteiger partial charge on any atom is -0.495 e. The molecule has 1 fully saturated rings. The lowest BCUT2D eigenvalue weighted by Crippen LogP contribution is -2.41. The molecule has 5 rings (SSSR count). The van der Waals surface area contributed by atoms with E-state index >= 15 is 0 Å². The van der Waals surface area contributed by atoms with E-state index in [-0.39, 0.29) is 24.7 Å². The summed E-state index contributed by atoms with van der Waals surface area (Å²) in [6.45, 7) is 0.268. The van der Waals surface area contributed by atoms with Crippen LogP contribution in [0.1, 0.15) is 41.6 Å². The molecule has 0 atom stereocenters. The standard InChI is InChI=1S/C29H28ClF3N6O4/c1-43-25-7-6-19(16-24(25)30)27-35-26(18-8-10-34-11-9-18)36-38(27)13-12-37(22-4-2-3-5-22)28(40)20-14-21(29(31,32)33)17-23(15-20)39(41)42/h6-11,14-17,22,41-42H,2-5,12-13H2,1H3. The summed E-state index contributed by atoms with van der Waals surface area (Å²) in [7, 11) is 1.51. The second-order valence-electron chi connectivity index (χ2n) is 10.1. The molecule has 1 saturated carbocycles. The molecule has 226 valence electrons. The lowest BCUT2D eigenvalue weighted by atomic mass is 10.1. The molecule has 0 radical (unpaired) electrons. The molecule has 0 unspecified atom stereocenters. The van der Waals surface area contributed by atoms with Gasteiger partial charge in [0.25, 0.3) is 5.91 Å². The summed E-state index contributed by atoms with van der Waals surface area (Å²) in [5.41, 5.74) is -0.715. The van der Waals surface area contributed by atoms with E-state index in [2.05, 4.69) is 10.1 Å². The molecule has 0 bridgehead atoms. The maximum atomic E-state index is 13.8. The predicted octanol–water partition coefficient (Wildman–Crippen LogP) is 6.36. The first-order chi connectivity index (χ1) is 20.5. The summed E-state index contributed by atoms with van der Waals surface area (Å²) < 4.78 is 47.8. The van der Waals surface area contributed by atoms with E-state index in [0.717, 1.165) is 25.0 Å². The normalized spacial score (nSPS) is 13.7. The zero-order chi connectivity index (χ0) is 30.7. The topological polar surface area (TPSA) is 117 Å². The van der Waals surface area contributed by atoms with Crippen molar-refractivity contribution in [1.82, 2.24) is 24.6 Å². The Morgan fingerprint density at radius 1 is 1.07 bits per heavy atom. The third-order valence-electron chi connectivity index (χ3n) is 7.32. The Morgan fingerprint density at radius 2 is 1.79 bits per heavy atom. The number of hydrogen-bond donors (Lipinski definition) is 2. The van der Waals surface area contributed by atoms with Gasteiger partial charge in [0.1, 0.15) is 5.75 Å². The maximum Gasteiger partial charge on any atom is 0.416 e. The molecule has 0 saturated heterocycles. The van der Waals surface area contributed by atoms with Gasteiger partial charge in [-0.1, -0.05) is 24.4 Å². The van der Waals surface area contributed by atoms with Gasteiger partial charge in [-0.2, -0.15) is 18.3 Å². The molecule has 4 aromatic rings. The van der Waals surface area contributed by atoms with Gasteiger partial charge in [-0.3, -0.25) is 20.2 Å². The fourth-order valence-corrected chi connectivity index (χ4v) is 5.45. The van der Waals surface area contributed by atoms with E-state index in [0.29, 0.717) is 52.5 Å². The molecule has 2 heterocycles. The first-order valence-corrected chi connectivity index (χ1v) is 13.8. The van der Waals surface area contributed by atoms with E-state index in [1.807, 2.05) is 0 Å². The fourth-order valence-electron chi connectivity index (χ4n) is 5.19. The Balaban J connectivity index is 1.51. The first-order valence-electron chi connectivity index (χ1n) is 13.5. The number of carbonyl (C=O) groups excluding carboxylic acids is 1. The van der Waals surface area contributed by atoms with Gasteiger partial charge >= 0.3 is 6.18 Å². The van der Waals surface area contributed by atoms with Crippen molar-refractivity contribution < 1.29 is 33.1 Å². The predicted molar refractivity (Wildman–Crippen MR) is 151 cm³/mol. The van der Waals surface area contributed by atoms with E-state index < -0.39 is 28.6 Å². The molecule has 0 spiro atoms. The third kappa shape index (κ3) is 6.74. The number of nitrogens with zero attached hydrogens (tertiary/aromatic N) is 6. The van der Waals surface area contributed by atoms with Crippen LogP contribution in [0.15, 0.2) is 60.9 Å². The highest BCUT2D eigenvalue weighted by Gasteiger charge is 2.34. The Labute approximate surface area is 249 Å². The van der Waals surface area contributed by atoms with Crippen LogP contribution in [0.25, 0.3) is 22.8 Å². The third-order valence-corrected chi connectivity index (χ3v) is 7.62. The van der Waals surface area contributed by atoms with Crippen LogP contribution in [-0.4, -0.2) is 60.7 Å². The highest BCUT2D eigenvalue weighted by Crippen LogP contribution is 2.34. The van der Waals surface area contributed by atoms with Gasteiger partial charge in [-0.25, -0.2) is 9.67 Å². The number of amides is 1. The van der Waals surface area contributed by atoms with Crippen molar-refractivity contribution in [2.45, 2.75) is 44.4 Å². The van der Waals surface area contributed by atoms with Crippen molar-refractivity contribution >= 4 is 23.2 Å². The SMILES string of the molecule is COc1ccc(-c2nc(-c3ccncc3)nn2CCN(C(=O)c2cc(N(O)O)cc(C(F)(F)F)c2)C2CCCC2)cc1Cl. The summed E-state index contributed by atoms with van der Waals surface area (Å²) >= 11 is 6.40. The highest BCUT2D eigenvalue weighted by atomic mass is 35.5. The Morgan fingerprint density at radius 3 is 2.42 bits per heavy atom. The zero-order valence-electron chi connectivity index (χ0n) is 23.0. The summed E-state index contributed by atoms with van der Waals surface area (Å²) in [5, 5.41) is 23.6. The average Bonchev–Trinajstić information content (AvgIpc) is 3.68. The number of rotatable bonds is 9. The summed E-state index contributed by atoms with van der Waals surface area (Å²) in [6, 6.07) is 10.8. The number of pyridine rings is 1. The Bertz CT molecular complexity index is 1590. The molecule has 10 nitrogen and oxygen atoms in total. The zero-order valence-corrected chi connectivity index (χ0v) is 23.8. The number of halogens is 4. The Kier molecular flexibility index (Phi) is 8.85. The van der Waals surface area contributed by atoms with Crippen molar-refractivity contribution in [3.05, 3.63) is 77.1 Å². The van der Waals surface area contributed by atoms with Gasteiger partial charge in [0.05, 0.1) is 29.9 Å². The maximum absolute atomic E-state index is 13.8. The average molecular weight is 617 g/mol. The molecule has 1 aliphatic rings. The van der Waals surface area contributed by atoms with E-state index in [9.17, 15) is 28.4 Å². The minimum atomic E-state index is -4.81. The quantitative estimate of drug-likeness (QED) is 0.209. The van der Waals surface area contributed by atoms with E-state index in [1.165, 1.54) is 12.0 Å². The van der Waals surface area contributed by atoms with Gasteiger partial charge in [0, 0.05) is 41.7 Å².